The summed E-state index contributed by atoms with van der Waals surface area (Å²) in [7, 11) is 0. The van der Waals surface area contributed by atoms with E-state index in [2.05, 4.69) is 34.9 Å². The highest BCUT2D eigenvalue weighted by Crippen LogP contribution is 2.36. The Hall–Kier alpha value is -3.08. The maximum atomic E-state index is 11.0. The van der Waals surface area contributed by atoms with Crippen molar-refractivity contribution in [3.63, 3.8) is 0 Å². The van der Waals surface area contributed by atoms with Gasteiger partial charge in [-0.05, 0) is 16.4 Å². The maximum Gasteiger partial charge on any atom is 0.300 e. The number of nitrogens with one attached hydrogen (secondary N) is 1. The zero-order valence-electron chi connectivity index (χ0n) is 10.6. The molecule has 0 amide bonds. The minimum absolute atomic E-state index is 0.102. The molecule has 0 spiro atoms. The van der Waals surface area contributed by atoms with Crippen LogP contribution in [0, 0.1) is 10.1 Å². The van der Waals surface area contributed by atoms with Crippen molar-refractivity contribution in [2.45, 2.75) is 9.92 Å². The molecule has 0 aliphatic heterocycles. The van der Waals surface area contributed by atoms with Crippen LogP contribution in [0.1, 0.15) is 0 Å². The standard InChI is InChI=1S/C11H5N7O3S/c19-18(20)5-1-2-6(8-7(5)16-21-17-8)22-11-9-10(13-3-12-9)14-4-15-11/h1-4H,(H,12,13,14,15). The van der Waals surface area contributed by atoms with E-state index in [0.29, 0.717) is 26.6 Å². The van der Waals surface area contributed by atoms with Crippen LogP contribution in [0.15, 0.2) is 39.3 Å². The van der Waals surface area contributed by atoms with Gasteiger partial charge in [-0.1, -0.05) is 11.8 Å². The van der Waals surface area contributed by atoms with Gasteiger partial charge < -0.3 is 4.98 Å². The predicted molar refractivity (Wildman–Crippen MR) is 74.3 cm³/mol. The first-order valence-electron chi connectivity index (χ1n) is 5.95. The van der Waals surface area contributed by atoms with Gasteiger partial charge in [-0.15, -0.1) is 0 Å². The molecule has 0 saturated carbocycles. The minimum atomic E-state index is -0.529. The summed E-state index contributed by atoms with van der Waals surface area (Å²) in [6, 6.07) is 2.94. The molecule has 1 N–H and O–H groups in total. The average Bonchev–Trinajstić information content (AvgIpc) is 3.16. The molecular weight excluding hydrogens is 310 g/mol. The fourth-order valence-electron chi connectivity index (χ4n) is 1.98. The monoisotopic (exact) mass is 315 g/mol. The number of aromatic nitrogens is 6. The number of aromatic amines is 1. The lowest BCUT2D eigenvalue weighted by Gasteiger charge is -2.01. The fourth-order valence-corrected chi connectivity index (χ4v) is 2.91. The Balaban J connectivity index is 1.85. The van der Waals surface area contributed by atoms with Crippen LogP contribution in [-0.2, 0) is 0 Å². The van der Waals surface area contributed by atoms with E-state index in [0.717, 1.165) is 0 Å². The van der Waals surface area contributed by atoms with Crippen molar-refractivity contribution in [2.75, 3.05) is 0 Å². The number of non-ortho nitro benzene ring substituents is 1. The van der Waals surface area contributed by atoms with Gasteiger partial charge in [0.05, 0.1) is 11.3 Å². The molecule has 10 nitrogen and oxygen atoms in total. The Bertz CT molecular complexity index is 1010. The van der Waals surface area contributed by atoms with Crippen LogP contribution in [0.25, 0.3) is 22.2 Å². The molecule has 4 aromatic rings. The summed E-state index contributed by atoms with van der Waals surface area (Å²) in [4.78, 5) is 26.3. The Morgan fingerprint density at radius 3 is 2.91 bits per heavy atom. The average molecular weight is 315 g/mol. The maximum absolute atomic E-state index is 11.0. The highest BCUT2D eigenvalue weighted by atomic mass is 32.2. The summed E-state index contributed by atoms with van der Waals surface area (Å²) in [6.07, 6.45) is 2.92. The highest BCUT2D eigenvalue weighted by molar-refractivity contribution is 7.99. The SMILES string of the molecule is O=[N+]([O-])c1ccc(Sc2ncnc3nc[nH]c23)c2nonc12. The first kappa shape index (κ1) is 12.6. The number of nitrogens with zero attached hydrogens (tertiary/aromatic N) is 6. The number of nitro benzene ring substituents is 1. The molecule has 0 unspecified atom stereocenters. The molecule has 22 heavy (non-hydrogen) atoms. The lowest BCUT2D eigenvalue weighted by atomic mass is 10.3. The summed E-state index contributed by atoms with van der Waals surface area (Å²) >= 11 is 1.27. The van der Waals surface area contributed by atoms with Crippen molar-refractivity contribution in [2.24, 2.45) is 0 Å². The zero-order valence-corrected chi connectivity index (χ0v) is 11.4. The van der Waals surface area contributed by atoms with E-state index in [1.807, 2.05) is 0 Å². The molecule has 108 valence electrons. The van der Waals surface area contributed by atoms with Crippen molar-refractivity contribution in [3.8, 4) is 0 Å². The van der Waals surface area contributed by atoms with Crippen molar-refractivity contribution >= 4 is 39.6 Å². The van der Waals surface area contributed by atoms with Crippen molar-refractivity contribution < 1.29 is 9.55 Å². The lowest BCUT2D eigenvalue weighted by Crippen LogP contribution is -1.91. The minimum Gasteiger partial charge on any atom is -0.341 e. The third-order valence-electron chi connectivity index (χ3n) is 2.95. The molecule has 0 saturated heterocycles. The van der Waals surface area contributed by atoms with Crippen LogP contribution in [0.3, 0.4) is 0 Å². The number of imidazole rings is 1. The Labute approximate surface area is 125 Å². The molecule has 0 fully saturated rings. The molecule has 11 heteroatoms. The third kappa shape index (κ3) is 1.87. The first-order valence-corrected chi connectivity index (χ1v) is 6.77. The van der Waals surface area contributed by atoms with E-state index in [1.165, 1.54) is 30.5 Å². The second kappa shape index (κ2) is 4.73. The van der Waals surface area contributed by atoms with Gasteiger partial charge in [-0.2, -0.15) is 0 Å². The van der Waals surface area contributed by atoms with Gasteiger partial charge in [0.2, 0.25) is 5.52 Å². The highest BCUT2D eigenvalue weighted by Gasteiger charge is 2.21. The number of nitro groups is 1. The zero-order chi connectivity index (χ0) is 15.1. The van der Waals surface area contributed by atoms with E-state index >= 15 is 0 Å². The molecule has 1 aromatic carbocycles. The van der Waals surface area contributed by atoms with Gasteiger partial charge in [0.15, 0.2) is 11.2 Å². The second-order valence-electron chi connectivity index (χ2n) is 4.18. The van der Waals surface area contributed by atoms with Gasteiger partial charge in [-0.3, -0.25) is 10.1 Å². The lowest BCUT2D eigenvalue weighted by molar-refractivity contribution is -0.383. The van der Waals surface area contributed by atoms with E-state index in [-0.39, 0.29) is 11.2 Å². The second-order valence-corrected chi connectivity index (χ2v) is 5.21. The van der Waals surface area contributed by atoms with E-state index in [1.54, 1.807) is 6.07 Å². The summed E-state index contributed by atoms with van der Waals surface area (Å²) in [5.41, 5.74) is 1.47. The van der Waals surface area contributed by atoms with E-state index in [4.69, 9.17) is 0 Å². The van der Waals surface area contributed by atoms with Crippen molar-refractivity contribution in [1.82, 2.24) is 30.2 Å². The van der Waals surface area contributed by atoms with Crippen molar-refractivity contribution in [3.05, 3.63) is 34.9 Å². The number of rotatable bonds is 3. The Morgan fingerprint density at radius 1 is 1.18 bits per heavy atom. The largest absolute Gasteiger partial charge is 0.341 e. The van der Waals surface area contributed by atoms with Crippen molar-refractivity contribution in [1.29, 1.82) is 0 Å². The van der Waals surface area contributed by atoms with Gasteiger partial charge in [0, 0.05) is 11.0 Å². The van der Waals surface area contributed by atoms with Gasteiger partial charge in [0.25, 0.3) is 0 Å². The molecule has 0 atom stereocenters. The molecule has 0 radical (unpaired) electrons. The molecule has 0 aliphatic rings. The van der Waals surface area contributed by atoms with E-state index in [9.17, 15) is 10.1 Å². The quantitative estimate of drug-likeness (QED) is 0.341. The molecule has 0 aliphatic carbocycles. The van der Waals surface area contributed by atoms with Gasteiger partial charge in [0.1, 0.15) is 16.9 Å². The van der Waals surface area contributed by atoms with Crippen LogP contribution >= 0.6 is 11.8 Å². The van der Waals surface area contributed by atoms with Crippen LogP contribution in [0.2, 0.25) is 0 Å². The normalized spacial score (nSPS) is 11.3. The molecule has 3 heterocycles. The van der Waals surface area contributed by atoms with Crippen LogP contribution in [-0.4, -0.2) is 35.2 Å². The Kier molecular flexibility index (Phi) is 2.72. The molecule has 3 aromatic heterocycles. The molecule has 0 bridgehead atoms. The smallest absolute Gasteiger partial charge is 0.300 e. The number of hydrogen-bond donors (Lipinski definition) is 1. The Morgan fingerprint density at radius 2 is 2.05 bits per heavy atom. The van der Waals surface area contributed by atoms with Gasteiger partial charge in [-0.25, -0.2) is 19.6 Å². The molecule has 4 rings (SSSR count). The predicted octanol–water partition coefficient (Wildman–Crippen LogP) is 1.95. The summed E-state index contributed by atoms with van der Waals surface area (Å²) in [6.45, 7) is 0. The van der Waals surface area contributed by atoms with Crippen LogP contribution < -0.4 is 0 Å². The summed E-state index contributed by atoms with van der Waals surface area (Å²) in [5.74, 6) is 0. The number of fused-ring (bicyclic) bond motifs is 2. The topological polar surface area (TPSA) is 137 Å². The summed E-state index contributed by atoms with van der Waals surface area (Å²) in [5, 5.41) is 18.9. The first-order chi connectivity index (χ1) is 10.7. The number of hydrogen-bond acceptors (Lipinski definition) is 9. The van der Waals surface area contributed by atoms with E-state index < -0.39 is 4.92 Å². The van der Waals surface area contributed by atoms with Crippen LogP contribution in [0.5, 0.6) is 0 Å². The number of benzene rings is 1. The van der Waals surface area contributed by atoms with Crippen LogP contribution in [0.4, 0.5) is 5.69 Å². The molecular formula is C11H5N7O3S. The summed E-state index contributed by atoms with van der Waals surface area (Å²) < 4.78 is 4.64. The fraction of sp³-hybridized carbons (Fsp3) is 0. The number of H-pyrrole nitrogens is 1. The van der Waals surface area contributed by atoms with Gasteiger partial charge >= 0.3 is 5.69 Å². The third-order valence-corrected chi connectivity index (χ3v) is 4.00.